The fourth-order valence-electron chi connectivity index (χ4n) is 0.949. The van der Waals surface area contributed by atoms with Crippen LogP contribution in [0, 0.1) is 0 Å². The highest BCUT2D eigenvalue weighted by Gasteiger charge is 1.91. The monoisotopic (exact) mass is 289 g/mol. The van der Waals surface area contributed by atoms with E-state index in [1.165, 1.54) is 13.8 Å². The highest BCUT2D eigenvalue weighted by Crippen LogP contribution is 1.73. The van der Waals surface area contributed by atoms with Crippen LogP contribution < -0.4 is 16.0 Å². The van der Waals surface area contributed by atoms with Crippen molar-refractivity contribution in [1.82, 2.24) is 16.0 Å². The number of hydrogen-bond donors (Lipinski definition) is 3. The lowest BCUT2D eigenvalue weighted by Gasteiger charge is -2.02. The minimum absolute atomic E-state index is 0.0370. The van der Waals surface area contributed by atoms with Gasteiger partial charge in [0.25, 0.3) is 0 Å². The lowest BCUT2D eigenvalue weighted by atomic mass is 10.4. The molecular formula is C14H31N3O3. The summed E-state index contributed by atoms with van der Waals surface area (Å²) in [4.78, 5) is 29.8. The Kier molecular flexibility index (Phi) is 18.2. The molecule has 0 heterocycles. The smallest absolute Gasteiger partial charge is 0.217 e. The zero-order valence-electron chi connectivity index (χ0n) is 14.0. The predicted octanol–water partition coefficient (Wildman–Crippen LogP) is 1.20. The maximum Gasteiger partial charge on any atom is 0.217 e. The molecular weight excluding hydrogens is 258 g/mol. The second-order valence-corrected chi connectivity index (χ2v) is 5.15. The Morgan fingerprint density at radius 2 is 1.05 bits per heavy atom. The van der Waals surface area contributed by atoms with Crippen molar-refractivity contribution in [3.05, 3.63) is 0 Å². The second-order valence-electron chi connectivity index (χ2n) is 5.15. The first-order valence-electron chi connectivity index (χ1n) is 6.76. The van der Waals surface area contributed by atoms with Crippen LogP contribution in [-0.2, 0) is 14.4 Å². The van der Waals surface area contributed by atoms with Gasteiger partial charge in [0, 0.05) is 32.0 Å². The van der Waals surface area contributed by atoms with Gasteiger partial charge < -0.3 is 16.0 Å². The predicted molar refractivity (Wildman–Crippen MR) is 82.2 cm³/mol. The standard InChI is InChI=1S/2C5H11NO.C4H9NO/c2*1-4(2)6-5(3)7;1-4(2)5-3-6/h2*4H,1-3H3,(H,6,7);3-4H,1-2H3,(H,5,6). The Balaban J connectivity index is -0.000000218. The van der Waals surface area contributed by atoms with Crippen molar-refractivity contribution >= 4 is 18.2 Å². The van der Waals surface area contributed by atoms with Crippen molar-refractivity contribution in [2.45, 2.75) is 73.5 Å². The molecule has 6 heteroatoms. The summed E-state index contributed by atoms with van der Waals surface area (Å²) in [5.41, 5.74) is 0. The first-order valence-corrected chi connectivity index (χ1v) is 6.76. The van der Waals surface area contributed by atoms with Crippen molar-refractivity contribution in [1.29, 1.82) is 0 Å². The molecule has 0 aliphatic rings. The van der Waals surface area contributed by atoms with E-state index in [2.05, 4.69) is 16.0 Å². The molecule has 0 aliphatic carbocycles. The van der Waals surface area contributed by atoms with Gasteiger partial charge in [0.2, 0.25) is 18.2 Å². The molecule has 3 amide bonds. The number of hydrogen-bond acceptors (Lipinski definition) is 3. The summed E-state index contributed by atoms with van der Waals surface area (Å²) in [6.45, 7) is 14.6. The van der Waals surface area contributed by atoms with Crippen molar-refractivity contribution < 1.29 is 14.4 Å². The molecule has 0 bridgehead atoms. The Morgan fingerprint density at radius 3 is 1.05 bits per heavy atom. The Labute approximate surface area is 123 Å². The normalized spacial score (nSPS) is 8.95. The van der Waals surface area contributed by atoms with E-state index in [1.54, 1.807) is 0 Å². The van der Waals surface area contributed by atoms with Crippen molar-refractivity contribution in [2.24, 2.45) is 0 Å². The lowest BCUT2D eigenvalue weighted by Crippen LogP contribution is -2.27. The van der Waals surface area contributed by atoms with Crippen LogP contribution in [-0.4, -0.2) is 36.3 Å². The molecule has 0 aromatic rings. The summed E-state index contributed by atoms with van der Waals surface area (Å²) in [7, 11) is 0. The van der Waals surface area contributed by atoms with E-state index in [0.717, 1.165) is 0 Å². The first-order chi connectivity index (χ1) is 9.02. The van der Waals surface area contributed by atoms with Gasteiger partial charge >= 0.3 is 0 Å². The third-order valence-electron chi connectivity index (χ3n) is 1.39. The summed E-state index contributed by atoms with van der Waals surface area (Å²) in [5.74, 6) is 0.0741. The third-order valence-corrected chi connectivity index (χ3v) is 1.39. The van der Waals surface area contributed by atoms with Gasteiger partial charge in [-0.1, -0.05) is 0 Å². The second kappa shape index (κ2) is 15.5. The first kappa shape index (κ1) is 23.5. The van der Waals surface area contributed by atoms with Gasteiger partial charge in [0.15, 0.2) is 0 Å². The van der Waals surface area contributed by atoms with E-state index in [9.17, 15) is 14.4 Å². The Hall–Kier alpha value is -1.59. The summed E-state index contributed by atoms with van der Waals surface area (Å²) in [6.07, 6.45) is 0.699. The summed E-state index contributed by atoms with van der Waals surface area (Å²) in [6, 6.07) is 0.831. The molecule has 0 fully saturated rings. The molecule has 0 aliphatic heterocycles. The molecule has 3 N–H and O–H groups in total. The van der Waals surface area contributed by atoms with E-state index in [0.29, 0.717) is 6.41 Å². The molecule has 0 radical (unpaired) electrons. The number of carbonyl (C=O) groups excluding carboxylic acids is 3. The van der Waals surface area contributed by atoms with E-state index < -0.39 is 0 Å². The van der Waals surface area contributed by atoms with Crippen LogP contribution in [0.2, 0.25) is 0 Å². The largest absolute Gasteiger partial charge is 0.357 e. The molecule has 0 aromatic heterocycles. The van der Waals surface area contributed by atoms with E-state index >= 15 is 0 Å². The van der Waals surface area contributed by atoms with Crippen LogP contribution >= 0.6 is 0 Å². The maximum absolute atomic E-state index is 10.1. The number of amides is 3. The lowest BCUT2D eigenvalue weighted by molar-refractivity contribution is -0.120. The van der Waals surface area contributed by atoms with Gasteiger partial charge in [-0.15, -0.1) is 0 Å². The Morgan fingerprint density at radius 1 is 0.750 bits per heavy atom. The topological polar surface area (TPSA) is 87.3 Å². The molecule has 0 saturated heterocycles. The van der Waals surface area contributed by atoms with Gasteiger partial charge in [-0.2, -0.15) is 0 Å². The van der Waals surface area contributed by atoms with E-state index in [-0.39, 0.29) is 29.9 Å². The zero-order valence-corrected chi connectivity index (χ0v) is 14.0. The molecule has 0 spiro atoms. The summed E-state index contributed by atoms with van der Waals surface area (Å²) in [5, 5.41) is 7.86. The molecule has 0 rings (SSSR count). The highest BCUT2D eigenvalue weighted by molar-refractivity contribution is 5.73. The minimum Gasteiger partial charge on any atom is -0.357 e. The quantitative estimate of drug-likeness (QED) is 0.680. The van der Waals surface area contributed by atoms with E-state index in [1.807, 2.05) is 41.5 Å². The molecule has 0 atom stereocenters. The SMILES string of the molecule is CC(=O)NC(C)C.CC(=O)NC(C)C.CC(C)NC=O. The summed E-state index contributed by atoms with van der Waals surface area (Å²) < 4.78 is 0. The maximum atomic E-state index is 10.1. The molecule has 6 nitrogen and oxygen atoms in total. The summed E-state index contributed by atoms with van der Waals surface area (Å²) >= 11 is 0. The third kappa shape index (κ3) is 44.0. The molecule has 0 aromatic carbocycles. The van der Waals surface area contributed by atoms with Crippen LogP contribution in [0.25, 0.3) is 0 Å². The Bertz CT molecular complexity index is 244. The number of rotatable bonds is 4. The molecule has 120 valence electrons. The van der Waals surface area contributed by atoms with Gasteiger partial charge in [-0.05, 0) is 41.5 Å². The molecule has 0 saturated carbocycles. The fraction of sp³-hybridized carbons (Fsp3) is 0.786. The minimum atomic E-state index is 0.0370. The van der Waals surface area contributed by atoms with Crippen LogP contribution in [0.3, 0.4) is 0 Å². The average molecular weight is 289 g/mol. The highest BCUT2D eigenvalue weighted by atomic mass is 16.2. The average Bonchev–Trinajstić information content (AvgIpc) is 2.13. The van der Waals surface area contributed by atoms with Crippen molar-refractivity contribution in [2.75, 3.05) is 0 Å². The van der Waals surface area contributed by atoms with Crippen molar-refractivity contribution in [3.8, 4) is 0 Å². The zero-order chi connectivity index (χ0) is 16.7. The van der Waals surface area contributed by atoms with Gasteiger partial charge in [0.05, 0.1) is 0 Å². The van der Waals surface area contributed by atoms with Crippen LogP contribution in [0.4, 0.5) is 0 Å². The van der Waals surface area contributed by atoms with Crippen LogP contribution in [0.5, 0.6) is 0 Å². The number of carbonyl (C=O) groups is 3. The van der Waals surface area contributed by atoms with E-state index in [4.69, 9.17) is 0 Å². The number of nitrogens with one attached hydrogen (secondary N) is 3. The van der Waals surface area contributed by atoms with Crippen molar-refractivity contribution in [3.63, 3.8) is 0 Å². The van der Waals surface area contributed by atoms with Crippen LogP contribution in [0.15, 0.2) is 0 Å². The van der Waals surface area contributed by atoms with Gasteiger partial charge in [-0.3, -0.25) is 14.4 Å². The van der Waals surface area contributed by atoms with Gasteiger partial charge in [-0.25, -0.2) is 0 Å². The van der Waals surface area contributed by atoms with Gasteiger partial charge in [0.1, 0.15) is 0 Å². The molecule has 20 heavy (non-hydrogen) atoms. The molecule has 0 unspecified atom stereocenters. The van der Waals surface area contributed by atoms with Crippen LogP contribution in [0.1, 0.15) is 55.4 Å². The fourth-order valence-corrected chi connectivity index (χ4v) is 0.949.